The molecular formula is C24H39N3O8. The second-order valence-electron chi connectivity index (χ2n) is 9.02. The smallest absolute Gasteiger partial charge is 0.274 e. The van der Waals surface area contributed by atoms with Crippen molar-refractivity contribution >= 4 is 11.8 Å². The number of amides is 2. The Bertz CT molecular complexity index is 833. The lowest BCUT2D eigenvalue weighted by Gasteiger charge is -2.31. The fourth-order valence-corrected chi connectivity index (χ4v) is 4.05. The quantitative estimate of drug-likeness (QED) is 0.195. The zero-order valence-corrected chi connectivity index (χ0v) is 20.6. The van der Waals surface area contributed by atoms with E-state index in [1.165, 1.54) is 11.0 Å². The van der Waals surface area contributed by atoms with Gasteiger partial charge in [-0.15, -0.1) is 0 Å². The molecule has 1 saturated heterocycles. The van der Waals surface area contributed by atoms with Gasteiger partial charge in [-0.05, 0) is 49.9 Å². The van der Waals surface area contributed by atoms with Gasteiger partial charge in [0.25, 0.3) is 11.8 Å². The molecule has 1 aliphatic heterocycles. The van der Waals surface area contributed by atoms with Gasteiger partial charge in [0.15, 0.2) is 0 Å². The van der Waals surface area contributed by atoms with E-state index < -0.39 is 43.2 Å². The Morgan fingerprint density at radius 2 is 1.71 bits per heavy atom. The largest absolute Gasteiger partial charge is 0.392 e. The molecule has 1 aromatic carbocycles. The van der Waals surface area contributed by atoms with E-state index in [2.05, 4.69) is 5.48 Å². The molecule has 6 N–H and O–H groups in total. The maximum absolute atomic E-state index is 12.9. The summed E-state index contributed by atoms with van der Waals surface area (Å²) < 4.78 is 0. The van der Waals surface area contributed by atoms with Crippen LogP contribution in [0.5, 0.6) is 0 Å². The number of nitrogens with one attached hydrogen (secondary N) is 1. The third kappa shape index (κ3) is 8.21. The van der Waals surface area contributed by atoms with E-state index in [9.17, 15) is 35.1 Å². The van der Waals surface area contributed by atoms with E-state index in [1.54, 1.807) is 24.0 Å². The minimum absolute atomic E-state index is 0.142. The van der Waals surface area contributed by atoms with E-state index in [0.29, 0.717) is 37.2 Å². The monoisotopic (exact) mass is 497 g/mol. The van der Waals surface area contributed by atoms with Crippen LogP contribution in [0.2, 0.25) is 0 Å². The number of nitrogens with zero attached hydrogens (tertiary/aromatic N) is 2. The summed E-state index contributed by atoms with van der Waals surface area (Å²) >= 11 is 0. The fraction of sp³-hybridized carbons (Fsp3) is 0.667. The molecule has 1 fully saturated rings. The summed E-state index contributed by atoms with van der Waals surface area (Å²) in [5.41, 5.74) is 3.46. The number of hydroxylamine groups is 1. The molecule has 2 rings (SSSR count). The van der Waals surface area contributed by atoms with E-state index in [1.807, 2.05) is 13.8 Å². The van der Waals surface area contributed by atoms with Crippen molar-refractivity contribution in [3.8, 4) is 0 Å². The summed E-state index contributed by atoms with van der Waals surface area (Å²) in [6, 6.07) is 4.78. The number of aliphatic hydroxyl groups is 5. The lowest BCUT2D eigenvalue weighted by molar-refractivity contribution is -0.159. The predicted molar refractivity (Wildman–Crippen MR) is 127 cm³/mol. The molecule has 5 atom stereocenters. The van der Waals surface area contributed by atoms with Gasteiger partial charge in [-0.3, -0.25) is 19.3 Å². The number of β-amino-alcohol motifs (C(OH)–C–C–N with tert-alkyl or cyclic N) is 1. The average molecular weight is 498 g/mol. The number of carbonyl (C=O) groups excluding carboxylic acids is 2. The standard InChI is InChI=1S/C24H39N3O8/c1-4-7-26(8-5-2)23(33)17-11-15(3)10-16(12-17)22(32)25-35-14-19(29)20(30)21(31)24(34)27-9-6-18(28)13-27/h10-12,18-21,24,28-31,34H,4-9,13-14H2,1-3H3,(H,25,32)/t18?,19-,20-,21-,24?/m0/s1. The van der Waals surface area contributed by atoms with Crippen LogP contribution in [0.1, 0.15) is 59.4 Å². The van der Waals surface area contributed by atoms with Gasteiger partial charge < -0.3 is 30.4 Å². The second-order valence-corrected chi connectivity index (χ2v) is 9.02. The highest BCUT2D eigenvalue weighted by atomic mass is 16.7. The van der Waals surface area contributed by atoms with Crippen molar-refractivity contribution in [1.29, 1.82) is 0 Å². The van der Waals surface area contributed by atoms with Crippen LogP contribution in [-0.2, 0) is 4.84 Å². The van der Waals surface area contributed by atoms with Gasteiger partial charge in [-0.1, -0.05) is 13.8 Å². The molecule has 0 bridgehead atoms. The first-order valence-corrected chi connectivity index (χ1v) is 12.1. The van der Waals surface area contributed by atoms with Crippen LogP contribution < -0.4 is 5.48 Å². The number of hydrogen-bond donors (Lipinski definition) is 6. The molecule has 0 spiro atoms. The van der Waals surface area contributed by atoms with Crippen molar-refractivity contribution in [2.45, 2.75) is 70.7 Å². The third-order valence-corrected chi connectivity index (χ3v) is 5.90. The van der Waals surface area contributed by atoms with Crippen molar-refractivity contribution in [2.24, 2.45) is 0 Å². The van der Waals surface area contributed by atoms with Gasteiger partial charge in [-0.25, -0.2) is 5.48 Å². The third-order valence-electron chi connectivity index (χ3n) is 5.90. The van der Waals surface area contributed by atoms with Gasteiger partial charge in [0.05, 0.1) is 6.10 Å². The molecule has 11 heteroatoms. The van der Waals surface area contributed by atoms with Crippen molar-refractivity contribution in [3.05, 3.63) is 34.9 Å². The lowest BCUT2D eigenvalue weighted by Crippen LogP contribution is -2.52. The highest BCUT2D eigenvalue weighted by Gasteiger charge is 2.36. The van der Waals surface area contributed by atoms with Crippen LogP contribution in [0, 0.1) is 6.92 Å². The Balaban J connectivity index is 1.93. The van der Waals surface area contributed by atoms with Gasteiger partial charge >= 0.3 is 0 Å². The summed E-state index contributed by atoms with van der Waals surface area (Å²) in [5.74, 6) is -0.808. The van der Waals surface area contributed by atoms with E-state index in [4.69, 9.17) is 4.84 Å². The van der Waals surface area contributed by atoms with Crippen molar-refractivity contribution in [3.63, 3.8) is 0 Å². The van der Waals surface area contributed by atoms with Crippen LogP contribution in [-0.4, -0.2) is 111 Å². The fourth-order valence-electron chi connectivity index (χ4n) is 4.05. The van der Waals surface area contributed by atoms with Crippen molar-refractivity contribution < 1.29 is 40.0 Å². The van der Waals surface area contributed by atoms with Crippen LogP contribution in [0.3, 0.4) is 0 Å². The number of carbonyl (C=O) groups is 2. The molecule has 0 radical (unpaired) electrons. The van der Waals surface area contributed by atoms with Gasteiger partial charge in [0.2, 0.25) is 0 Å². The predicted octanol–water partition coefficient (Wildman–Crippen LogP) is -0.614. The Labute approximate surface area is 205 Å². The van der Waals surface area contributed by atoms with E-state index in [0.717, 1.165) is 12.8 Å². The molecule has 11 nitrogen and oxygen atoms in total. The molecule has 2 unspecified atom stereocenters. The summed E-state index contributed by atoms with van der Waals surface area (Å²) in [6.45, 7) is 6.90. The van der Waals surface area contributed by atoms with Gasteiger partial charge in [0.1, 0.15) is 31.1 Å². The molecule has 0 aromatic heterocycles. The second kappa shape index (κ2) is 13.8. The molecule has 2 amide bonds. The lowest BCUT2D eigenvalue weighted by atomic mass is 10.0. The van der Waals surface area contributed by atoms with Crippen molar-refractivity contribution in [2.75, 3.05) is 32.8 Å². The summed E-state index contributed by atoms with van der Waals surface area (Å²) in [6.07, 6.45) is -5.12. The summed E-state index contributed by atoms with van der Waals surface area (Å²) in [7, 11) is 0. The van der Waals surface area contributed by atoms with E-state index >= 15 is 0 Å². The molecule has 0 saturated carbocycles. The molecule has 1 aliphatic rings. The van der Waals surface area contributed by atoms with E-state index in [-0.39, 0.29) is 18.0 Å². The summed E-state index contributed by atoms with van der Waals surface area (Å²) in [5, 5.41) is 50.2. The topological polar surface area (TPSA) is 163 Å². The first-order valence-electron chi connectivity index (χ1n) is 12.1. The van der Waals surface area contributed by atoms with Crippen LogP contribution in [0.4, 0.5) is 0 Å². The minimum atomic E-state index is -1.76. The number of likely N-dealkylation sites (tertiary alicyclic amines) is 1. The zero-order valence-electron chi connectivity index (χ0n) is 20.6. The van der Waals surface area contributed by atoms with Gasteiger partial charge in [0, 0.05) is 37.3 Å². The summed E-state index contributed by atoms with van der Waals surface area (Å²) in [4.78, 5) is 33.6. The van der Waals surface area contributed by atoms with Crippen LogP contribution in [0.15, 0.2) is 18.2 Å². The maximum Gasteiger partial charge on any atom is 0.274 e. The first kappa shape index (κ1) is 29.1. The Hall–Kier alpha value is -2.12. The number of hydrogen-bond acceptors (Lipinski definition) is 9. The molecule has 0 aliphatic carbocycles. The molecule has 1 heterocycles. The Kier molecular flexibility index (Phi) is 11.5. The zero-order chi connectivity index (χ0) is 26.1. The average Bonchev–Trinajstić information content (AvgIpc) is 3.27. The first-order chi connectivity index (χ1) is 16.6. The SMILES string of the molecule is CCCN(CCC)C(=O)c1cc(C)cc(C(=O)NOC[C@H](O)[C@H](O)[C@H](O)C(O)N2CCC(O)C2)c1. The minimum Gasteiger partial charge on any atom is -0.392 e. The molecule has 198 valence electrons. The highest BCUT2D eigenvalue weighted by Crippen LogP contribution is 2.17. The Morgan fingerprint density at radius 3 is 2.29 bits per heavy atom. The number of aliphatic hydroxyl groups excluding tert-OH is 5. The normalized spacial score (nSPS) is 19.7. The van der Waals surface area contributed by atoms with Crippen molar-refractivity contribution in [1.82, 2.24) is 15.3 Å². The van der Waals surface area contributed by atoms with Gasteiger partial charge in [-0.2, -0.15) is 0 Å². The molecular weight excluding hydrogens is 458 g/mol. The van der Waals surface area contributed by atoms with Crippen LogP contribution in [0.25, 0.3) is 0 Å². The maximum atomic E-state index is 12.9. The molecule has 1 aromatic rings. The number of aryl methyl sites for hydroxylation is 1. The molecule has 35 heavy (non-hydrogen) atoms. The Morgan fingerprint density at radius 1 is 1.09 bits per heavy atom. The number of rotatable bonds is 13. The highest BCUT2D eigenvalue weighted by molar-refractivity contribution is 5.99. The van der Waals surface area contributed by atoms with Crippen LogP contribution >= 0.6 is 0 Å². The number of benzene rings is 1.